The summed E-state index contributed by atoms with van der Waals surface area (Å²) in [5, 5.41) is 7.17. The van der Waals surface area contributed by atoms with Crippen LogP contribution in [0.4, 0.5) is 0 Å². The second kappa shape index (κ2) is 6.75. The van der Waals surface area contributed by atoms with Crippen LogP contribution in [0.5, 0.6) is 0 Å². The number of hydrogen-bond donors (Lipinski definition) is 2. The zero-order chi connectivity index (χ0) is 16.5. The van der Waals surface area contributed by atoms with Crippen LogP contribution in [0.25, 0.3) is 0 Å². The molecule has 2 fully saturated rings. The summed E-state index contributed by atoms with van der Waals surface area (Å²) >= 11 is 1.98. The number of imidazole rings is 1. The molecule has 1 aromatic rings. The lowest BCUT2D eigenvalue weighted by Gasteiger charge is -2.24. The maximum Gasteiger partial charge on any atom is 0.122 e. The third-order valence-electron chi connectivity index (χ3n) is 4.38. The fourth-order valence-electron chi connectivity index (χ4n) is 3.33. The van der Waals surface area contributed by atoms with Crippen LogP contribution in [0.2, 0.25) is 0 Å². The molecule has 5 nitrogen and oxygen atoms in total. The molecule has 130 valence electrons. The van der Waals surface area contributed by atoms with Crippen LogP contribution >= 0.6 is 11.8 Å². The molecule has 1 aromatic heterocycles. The summed E-state index contributed by atoms with van der Waals surface area (Å²) in [4.78, 5) is 4.56. The SMILES string of the molecule is CC(C)(C)NCCCn1cnc(CC2(C)NC3CSCC3O2)c1. The molecule has 0 aromatic carbocycles. The molecule has 0 saturated carbocycles. The number of fused-ring (bicyclic) bond motifs is 1. The number of aromatic nitrogens is 2. The molecule has 0 spiro atoms. The van der Waals surface area contributed by atoms with Crippen LogP contribution in [-0.4, -0.2) is 51.0 Å². The predicted molar refractivity (Wildman–Crippen MR) is 95.8 cm³/mol. The Morgan fingerprint density at radius 3 is 3.04 bits per heavy atom. The van der Waals surface area contributed by atoms with E-state index in [1.807, 2.05) is 18.1 Å². The Hall–Kier alpha value is -0.560. The van der Waals surface area contributed by atoms with Gasteiger partial charge in [0.2, 0.25) is 0 Å². The van der Waals surface area contributed by atoms with Crippen molar-refractivity contribution in [2.75, 3.05) is 18.1 Å². The summed E-state index contributed by atoms with van der Waals surface area (Å²) in [5.74, 6) is 2.28. The van der Waals surface area contributed by atoms with Crippen molar-refractivity contribution >= 4 is 11.8 Å². The fraction of sp³-hybridized carbons (Fsp3) is 0.824. The fourth-order valence-corrected chi connectivity index (χ4v) is 4.55. The first-order chi connectivity index (χ1) is 10.8. The van der Waals surface area contributed by atoms with Gasteiger partial charge in [-0.3, -0.25) is 5.32 Å². The maximum atomic E-state index is 6.23. The van der Waals surface area contributed by atoms with Crippen molar-refractivity contribution < 1.29 is 4.74 Å². The van der Waals surface area contributed by atoms with Gasteiger partial charge in [-0.15, -0.1) is 0 Å². The molecule has 3 rings (SSSR count). The number of nitrogens with one attached hydrogen (secondary N) is 2. The van der Waals surface area contributed by atoms with E-state index in [1.165, 1.54) is 0 Å². The van der Waals surface area contributed by atoms with E-state index in [-0.39, 0.29) is 11.3 Å². The standard InChI is InChI=1S/C17H30N4OS/c1-16(2,3)19-6-5-7-21-9-13(18-12-21)8-17(4)20-14-10-23-11-15(14)22-17/h9,12,14-15,19-20H,5-8,10-11H2,1-4H3. The normalized spacial score (nSPS) is 30.8. The largest absolute Gasteiger partial charge is 0.355 e. The van der Waals surface area contributed by atoms with Crippen LogP contribution in [0.1, 0.15) is 39.8 Å². The molecule has 23 heavy (non-hydrogen) atoms. The first-order valence-corrected chi connectivity index (χ1v) is 9.77. The van der Waals surface area contributed by atoms with Crippen LogP contribution in [0.3, 0.4) is 0 Å². The number of hydrogen-bond acceptors (Lipinski definition) is 5. The smallest absolute Gasteiger partial charge is 0.122 e. The third-order valence-corrected chi connectivity index (χ3v) is 5.54. The second-order valence-corrected chi connectivity index (χ2v) is 9.06. The molecule has 0 bridgehead atoms. The number of ether oxygens (including phenoxy) is 1. The molecule has 2 aliphatic rings. The first kappa shape index (κ1) is 17.3. The number of aryl methyl sites for hydroxylation is 1. The van der Waals surface area contributed by atoms with Gasteiger partial charge >= 0.3 is 0 Å². The predicted octanol–water partition coefficient (Wildman–Crippen LogP) is 2.02. The Bertz CT molecular complexity index is 513. The maximum absolute atomic E-state index is 6.23. The topological polar surface area (TPSA) is 51.1 Å². The van der Waals surface area contributed by atoms with Gasteiger partial charge in [0.25, 0.3) is 0 Å². The molecule has 3 heterocycles. The highest BCUT2D eigenvalue weighted by Gasteiger charge is 2.45. The zero-order valence-electron chi connectivity index (χ0n) is 14.8. The summed E-state index contributed by atoms with van der Waals surface area (Å²) in [7, 11) is 0. The van der Waals surface area contributed by atoms with Gasteiger partial charge in [-0.1, -0.05) is 0 Å². The van der Waals surface area contributed by atoms with Gasteiger partial charge in [-0.25, -0.2) is 4.98 Å². The first-order valence-electron chi connectivity index (χ1n) is 8.62. The van der Waals surface area contributed by atoms with Gasteiger partial charge in [0, 0.05) is 42.2 Å². The van der Waals surface area contributed by atoms with E-state index < -0.39 is 0 Å². The van der Waals surface area contributed by atoms with Crippen molar-refractivity contribution in [3.8, 4) is 0 Å². The molecular formula is C17H30N4OS. The van der Waals surface area contributed by atoms with E-state index in [0.717, 1.165) is 43.1 Å². The Labute approximate surface area is 144 Å². The van der Waals surface area contributed by atoms with Crippen molar-refractivity contribution in [2.45, 2.75) is 70.5 Å². The van der Waals surface area contributed by atoms with Gasteiger partial charge in [0.15, 0.2) is 0 Å². The quantitative estimate of drug-likeness (QED) is 0.777. The van der Waals surface area contributed by atoms with E-state index in [1.54, 1.807) is 0 Å². The number of thioether (sulfide) groups is 1. The van der Waals surface area contributed by atoms with Crippen LogP contribution < -0.4 is 10.6 Å². The number of rotatable bonds is 6. The highest BCUT2D eigenvalue weighted by atomic mass is 32.2. The molecule has 2 saturated heterocycles. The van der Waals surface area contributed by atoms with E-state index in [2.05, 4.69) is 54.1 Å². The lowest BCUT2D eigenvalue weighted by Crippen LogP contribution is -2.43. The van der Waals surface area contributed by atoms with Crippen molar-refractivity contribution in [1.82, 2.24) is 20.2 Å². The average Bonchev–Trinajstić information content (AvgIpc) is 3.09. The minimum absolute atomic E-state index is 0.191. The summed E-state index contributed by atoms with van der Waals surface area (Å²) < 4.78 is 8.42. The highest BCUT2D eigenvalue weighted by Crippen LogP contribution is 2.33. The zero-order valence-corrected chi connectivity index (χ0v) is 15.6. The molecule has 0 radical (unpaired) electrons. The molecule has 6 heteroatoms. The van der Waals surface area contributed by atoms with E-state index in [9.17, 15) is 0 Å². The van der Waals surface area contributed by atoms with E-state index in [0.29, 0.717) is 12.1 Å². The monoisotopic (exact) mass is 338 g/mol. The van der Waals surface area contributed by atoms with Crippen molar-refractivity contribution in [1.29, 1.82) is 0 Å². The molecule has 0 aliphatic carbocycles. The van der Waals surface area contributed by atoms with Gasteiger partial charge in [-0.2, -0.15) is 11.8 Å². The third kappa shape index (κ3) is 4.72. The average molecular weight is 339 g/mol. The summed E-state index contributed by atoms with van der Waals surface area (Å²) in [6, 6.07) is 0.510. The number of nitrogens with zero attached hydrogens (tertiary/aromatic N) is 2. The Morgan fingerprint density at radius 2 is 2.30 bits per heavy atom. The second-order valence-electron chi connectivity index (χ2n) is 7.99. The molecule has 3 unspecified atom stereocenters. The van der Waals surface area contributed by atoms with Crippen molar-refractivity contribution in [3.05, 3.63) is 18.2 Å². The minimum atomic E-state index is -0.261. The van der Waals surface area contributed by atoms with E-state index in [4.69, 9.17) is 4.74 Å². The Balaban J connectivity index is 1.46. The highest BCUT2D eigenvalue weighted by molar-refractivity contribution is 7.99. The Kier molecular flexibility index (Phi) is 5.06. The van der Waals surface area contributed by atoms with Gasteiger partial charge < -0.3 is 14.6 Å². The van der Waals surface area contributed by atoms with Crippen LogP contribution in [-0.2, 0) is 17.7 Å². The van der Waals surface area contributed by atoms with Gasteiger partial charge in [0.1, 0.15) is 5.72 Å². The van der Waals surface area contributed by atoms with Gasteiger partial charge in [-0.05, 0) is 40.7 Å². The molecular weight excluding hydrogens is 308 g/mol. The molecule has 0 amide bonds. The summed E-state index contributed by atoms with van der Waals surface area (Å²) in [5.41, 5.74) is 1.04. The lowest BCUT2D eigenvalue weighted by atomic mass is 10.1. The van der Waals surface area contributed by atoms with Crippen molar-refractivity contribution in [3.63, 3.8) is 0 Å². The Morgan fingerprint density at radius 1 is 1.48 bits per heavy atom. The molecule has 2 aliphatic heterocycles. The van der Waals surface area contributed by atoms with Crippen LogP contribution in [0.15, 0.2) is 12.5 Å². The van der Waals surface area contributed by atoms with Gasteiger partial charge in [0.05, 0.1) is 18.1 Å². The minimum Gasteiger partial charge on any atom is -0.355 e. The summed E-state index contributed by atoms with van der Waals surface area (Å²) in [6.45, 7) is 10.8. The van der Waals surface area contributed by atoms with Crippen LogP contribution in [0, 0.1) is 0 Å². The molecule has 2 N–H and O–H groups in total. The lowest BCUT2D eigenvalue weighted by molar-refractivity contribution is -0.0284. The molecule has 3 atom stereocenters. The van der Waals surface area contributed by atoms with Crippen molar-refractivity contribution in [2.24, 2.45) is 0 Å². The van der Waals surface area contributed by atoms with E-state index >= 15 is 0 Å². The summed E-state index contributed by atoms with van der Waals surface area (Å²) in [6.07, 6.45) is 6.42.